The number of piperidine rings is 1. The highest BCUT2D eigenvalue weighted by Crippen LogP contribution is 2.58. The highest BCUT2D eigenvalue weighted by Gasteiger charge is 2.62. The van der Waals surface area contributed by atoms with Crippen molar-refractivity contribution in [1.29, 1.82) is 0 Å². The zero-order valence-electron chi connectivity index (χ0n) is 30.1. The van der Waals surface area contributed by atoms with Crippen LogP contribution in [-0.4, -0.2) is 79.4 Å². The van der Waals surface area contributed by atoms with Crippen molar-refractivity contribution >= 4 is 28.7 Å². The van der Waals surface area contributed by atoms with Crippen molar-refractivity contribution in [3.63, 3.8) is 0 Å². The summed E-state index contributed by atoms with van der Waals surface area (Å²) in [5, 5.41) is 13.7. The average Bonchev–Trinajstić information content (AvgIpc) is 3.50. The van der Waals surface area contributed by atoms with Crippen molar-refractivity contribution in [2.45, 2.75) is 87.8 Å². The normalized spacial score (nSPS) is 29.0. The van der Waals surface area contributed by atoms with Crippen LogP contribution in [0.3, 0.4) is 0 Å². The van der Waals surface area contributed by atoms with Gasteiger partial charge in [-0.05, 0) is 80.8 Å². The second-order valence-corrected chi connectivity index (χ2v) is 16.0. The molecular formula is C39H41F4N7O5. The van der Waals surface area contributed by atoms with Crippen LogP contribution < -0.4 is 15.0 Å². The summed E-state index contributed by atoms with van der Waals surface area (Å²) in [6, 6.07) is 5.44. The molecule has 12 nitrogen and oxygen atoms in total. The molecule has 6 fully saturated rings. The second kappa shape index (κ2) is 13.4. The number of anilines is 1. The highest BCUT2D eigenvalue weighted by molar-refractivity contribution is 6.00. The molecule has 16 heteroatoms. The number of carbonyl (C=O) groups is 2. The maximum Gasteiger partial charge on any atom is 0.434 e. The van der Waals surface area contributed by atoms with Crippen molar-refractivity contribution in [3.8, 4) is 17.1 Å². The molecule has 1 amide bonds. The number of nitrogens with one attached hydrogen (secondary N) is 1. The minimum atomic E-state index is -5.03. The minimum absolute atomic E-state index is 0.00993. The smallest absolute Gasteiger partial charge is 0.434 e. The number of benzene rings is 1. The number of amides is 1. The van der Waals surface area contributed by atoms with Gasteiger partial charge in [-0.2, -0.15) is 13.2 Å². The fourth-order valence-corrected chi connectivity index (χ4v) is 10.3. The third kappa shape index (κ3) is 6.25. The van der Waals surface area contributed by atoms with Crippen LogP contribution in [0.1, 0.15) is 79.9 Å². The van der Waals surface area contributed by atoms with Gasteiger partial charge >= 0.3 is 12.1 Å². The third-order valence-corrected chi connectivity index (χ3v) is 12.9. The van der Waals surface area contributed by atoms with E-state index in [2.05, 4.69) is 25.3 Å². The number of rotatable bonds is 9. The molecular weight excluding hydrogens is 722 g/mol. The molecule has 1 saturated heterocycles. The Morgan fingerprint density at radius 1 is 0.927 bits per heavy atom. The van der Waals surface area contributed by atoms with E-state index in [1.165, 1.54) is 0 Å². The summed E-state index contributed by atoms with van der Waals surface area (Å²) in [4.78, 5) is 45.1. The van der Waals surface area contributed by atoms with E-state index in [1.54, 1.807) is 25.4 Å². The maximum atomic E-state index is 14.8. The topological polar surface area (TPSA) is 145 Å². The molecule has 55 heavy (non-hydrogen) atoms. The minimum Gasteiger partial charge on any atom is -0.490 e. The molecule has 0 unspecified atom stereocenters. The molecule has 1 aliphatic heterocycles. The molecule has 0 spiro atoms. The van der Waals surface area contributed by atoms with Gasteiger partial charge < -0.3 is 29.4 Å². The number of carboxylic acids is 1. The Hall–Kier alpha value is -4.86. The Labute approximate surface area is 313 Å². The number of nitrogens with zero attached hydrogens (tertiary/aromatic N) is 6. The number of halogens is 4. The van der Waals surface area contributed by atoms with Crippen LogP contribution in [-0.2, 0) is 15.7 Å². The fraction of sp³-hybridized carbons (Fsp3) is 0.538. The molecule has 4 heterocycles. The number of aliphatic carboxylic acids is 1. The van der Waals surface area contributed by atoms with Crippen molar-refractivity contribution in [2.24, 2.45) is 23.7 Å². The van der Waals surface area contributed by atoms with E-state index in [1.807, 2.05) is 15.5 Å². The van der Waals surface area contributed by atoms with Crippen LogP contribution in [0.4, 0.5) is 23.5 Å². The largest absolute Gasteiger partial charge is 0.490 e. The summed E-state index contributed by atoms with van der Waals surface area (Å²) in [5.41, 5.74) is -2.76. The summed E-state index contributed by atoms with van der Waals surface area (Å²) in [6.07, 6.45) is 6.15. The zero-order valence-corrected chi connectivity index (χ0v) is 30.1. The third-order valence-electron chi connectivity index (χ3n) is 12.9. The van der Waals surface area contributed by atoms with E-state index in [4.69, 9.17) is 9.47 Å². The fourth-order valence-electron chi connectivity index (χ4n) is 10.3. The van der Waals surface area contributed by atoms with Gasteiger partial charge in [-0.1, -0.05) is 0 Å². The van der Waals surface area contributed by atoms with Gasteiger partial charge in [-0.15, -0.1) is 0 Å². The van der Waals surface area contributed by atoms with E-state index >= 15 is 0 Å². The molecule has 5 saturated carbocycles. The molecule has 4 aromatic rings. The van der Waals surface area contributed by atoms with E-state index in [9.17, 15) is 32.3 Å². The summed E-state index contributed by atoms with van der Waals surface area (Å²) in [5.74, 6) is -1.90. The molecule has 1 aromatic carbocycles. The Morgan fingerprint density at radius 3 is 2.22 bits per heavy atom. The molecule has 3 aromatic heterocycles. The molecule has 0 atom stereocenters. The van der Waals surface area contributed by atoms with Crippen LogP contribution in [0.15, 0.2) is 43.0 Å². The maximum absolute atomic E-state index is 14.8. The van der Waals surface area contributed by atoms with Gasteiger partial charge in [0.25, 0.3) is 5.91 Å². The lowest BCUT2D eigenvalue weighted by atomic mass is 9.48. The van der Waals surface area contributed by atoms with Crippen LogP contribution in [0, 0.1) is 29.5 Å². The number of aromatic nitrogens is 5. The van der Waals surface area contributed by atoms with Crippen LogP contribution in [0.2, 0.25) is 0 Å². The van der Waals surface area contributed by atoms with Crippen molar-refractivity contribution in [3.05, 3.63) is 60.1 Å². The number of carboxylic acid groups (broad SMARTS) is 1. The Bertz CT molecular complexity index is 2100. The number of ether oxygens (including phenoxy) is 2. The van der Waals surface area contributed by atoms with E-state index in [0.29, 0.717) is 98.9 Å². The average molecular weight is 764 g/mol. The molecule has 0 radical (unpaired) electrons. The Morgan fingerprint density at radius 2 is 1.60 bits per heavy atom. The predicted octanol–water partition coefficient (Wildman–Crippen LogP) is 6.45. The van der Waals surface area contributed by atoms with E-state index < -0.39 is 40.7 Å². The molecule has 4 bridgehead atoms. The van der Waals surface area contributed by atoms with E-state index in [-0.39, 0.29) is 35.9 Å². The SMILES string of the molecule is COC1CC(n2cc(-c3ncc(C(=O)NC4(C(=O)O)C5CC6CC(C5)CC4C6)c(C(F)(F)F)n3)c3ccc(OC4CCN(c5ncc(F)cn5)CC4)cc32)C1. The van der Waals surface area contributed by atoms with Crippen molar-refractivity contribution < 1.29 is 41.7 Å². The Kier molecular flexibility index (Phi) is 8.74. The zero-order chi connectivity index (χ0) is 38.2. The first-order valence-corrected chi connectivity index (χ1v) is 19.0. The van der Waals surface area contributed by atoms with Gasteiger partial charge in [-0.25, -0.2) is 29.1 Å². The quantitative estimate of drug-likeness (QED) is 0.183. The standard InChI is InChI=1S/C39H41F4N7O5/c1-54-28-13-25(14-28)50-19-31(29-3-2-27(15-32(29)50)55-26-4-6-49(7-5-26)37-45-16-24(40)17-46-37)34-44-18-30(33(47-34)39(41,42)43)35(51)48-38(36(52)53)22-9-20-8-21(11-22)12-23(38)10-20/h2-3,15-23,25-26,28H,4-14H2,1H3,(H,48,51)(H,52,53). The van der Waals surface area contributed by atoms with Gasteiger partial charge in [-0.3, -0.25) is 4.79 Å². The first-order valence-electron chi connectivity index (χ1n) is 19.0. The first-order chi connectivity index (χ1) is 26.4. The number of alkyl halides is 3. The van der Waals surface area contributed by atoms with Gasteiger partial charge in [0.1, 0.15) is 17.4 Å². The van der Waals surface area contributed by atoms with Crippen LogP contribution in [0.5, 0.6) is 5.75 Å². The molecule has 290 valence electrons. The summed E-state index contributed by atoms with van der Waals surface area (Å²) in [6.45, 7) is 1.23. The van der Waals surface area contributed by atoms with Crippen molar-refractivity contribution in [2.75, 3.05) is 25.1 Å². The summed E-state index contributed by atoms with van der Waals surface area (Å²) in [7, 11) is 1.64. The van der Waals surface area contributed by atoms with Gasteiger partial charge in [0.2, 0.25) is 5.95 Å². The first kappa shape index (κ1) is 35.8. The number of fused-ring (bicyclic) bond motifs is 1. The number of carbonyl (C=O) groups excluding carboxylic acids is 1. The van der Waals surface area contributed by atoms with Gasteiger partial charge in [0.05, 0.1) is 29.6 Å². The molecule has 10 rings (SSSR count). The van der Waals surface area contributed by atoms with Crippen LogP contribution >= 0.6 is 0 Å². The van der Waals surface area contributed by atoms with E-state index in [0.717, 1.165) is 30.5 Å². The second-order valence-electron chi connectivity index (χ2n) is 16.0. The lowest BCUT2D eigenvalue weighted by molar-refractivity contribution is -0.163. The summed E-state index contributed by atoms with van der Waals surface area (Å²) < 4.78 is 71.6. The number of hydrogen-bond donors (Lipinski definition) is 2. The van der Waals surface area contributed by atoms with Gasteiger partial charge in [0.15, 0.2) is 17.3 Å². The Balaban J connectivity index is 1.01. The summed E-state index contributed by atoms with van der Waals surface area (Å²) >= 11 is 0. The lowest BCUT2D eigenvalue weighted by Gasteiger charge is -2.59. The lowest BCUT2D eigenvalue weighted by Crippen LogP contribution is -2.70. The highest BCUT2D eigenvalue weighted by atomic mass is 19.4. The number of methoxy groups -OCH3 is 1. The number of hydrogen-bond acceptors (Lipinski definition) is 9. The monoisotopic (exact) mass is 763 g/mol. The predicted molar refractivity (Wildman–Crippen MR) is 190 cm³/mol. The molecule has 2 N–H and O–H groups in total. The van der Waals surface area contributed by atoms with Crippen LogP contribution in [0.25, 0.3) is 22.3 Å². The molecule has 5 aliphatic carbocycles. The van der Waals surface area contributed by atoms with Crippen molar-refractivity contribution in [1.82, 2.24) is 29.8 Å². The molecule has 6 aliphatic rings. The van der Waals surface area contributed by atoms with Gasteiger partial charge in [0, 0.05) is 68.5 Å².